The van der Waals surface area contributed by atoms with Gasteiger partial charge in [0.2, 0.25) is 11.8 Å². The van der Waals surface area contributed by atoms with E-state index >= 15 is 0 Å². The second-order valence-corrected chi connectivity index (χ2v) is 6.47. The van der Waals surface area contributed by atoms with Crippen molar-refractivity contribution < 1.29 is 9.59 Å². The fourth-order valence-electron chi connectivity index (χ4n) is 3.43. The van der Waals surface area contributed by atoms with Crippen LogP contribution in [0.1, 0.15) is 44.1 Å². The Bertz CT molecular complexity index is 606. The van der Waals surface area contributed by atoms with Gasteiger partial charge in [-0.1, -0.05) is 12.8 Å². The summed E-state index contributed by atoms with van der Waals surface area (Å²) in [5.41, 5.74) is 8.12. The highest BCUT2D eigenvalue weighted by Crippen LogP contribution is 2.30. The highest BCUT2D eigenvalue weighted by atomic mass is 16.2. The van der Waals surface area contributed by atoms with Gasteiger partial charge in [-0.2, -0.15) is 0 Å². The molecule has 5 nitrogen and oxygen atoms in total. The smallest absolute Gasteiger partial charge is 0.244 e. The van der Waals surface area contributed by atoms with Crippen LogP contribution in [0, 0.1) is 6.92 Å². The molecule has 0 bridgehead atoms. The number of rotatable bonds is 3. The molecule has 0 aromatic heterocycles. The molecule has 2 aliphatic rings. The van der Waals surface area contributed by atoms with Crippen molar-refractivity contribution in [1.82, 2.24) is 0 Å². The van der Waals surface area contributed by atoms with Crippen LogP contribution in [0.25, 0.3) is 0 Å². The molecule has 1 saturated carbocycles. The highest BCUT2D eigenvalue weighted by Gasteiger charge is 2.37. The zero-order chi connectivity index (χ0) is 15.7. The third kappa shape index (κ3) is 2.73. The molecule has 3 rings (SSSR count). The number of nitrogens with one attached hydrogen (secondary N) is 1. The van der Waals surface area contributed by atoms with Crippen molar-refractivity contribution >= 4 is 23.2 Å². The summed E-state index contributed by atoms with van der Waals surface area (Å²) in [7, 11) is 0. The lowest BCUT2D eigenvalue weighted by atomic mass is 9.98. The number of carbonyl (C=O) groups excluding carboxylic acids is 2. The minimum atomic E-state index is -0.725. The van der Waals surface area contributed by atoms with Gasteiger partial charge in [-0.25, -0.2) is 0 Å². The van der Waals surface area contributed by atoms with Crippen molar-refractivity contribution in [2.24, 2.45) is 5.73 Å². The molecular weight excluding hydrogens is 278 g/mol. The van der Waals surface area contributed by atoms with E-state index in [-0.39, 0.29) is 11.8 Å². The first kappa shape index (κ1) is 15.0. The summed E-state index contributed by atoms with van der Waals surface area (Å²) in [6.07, 6.45) is 5.05. The second kappa shape index (κ2) is 5.72. The number of amides is 2. The lowest BCUT2D eigenvalue weighted by Gasteiger charge is -2.23. The summed E-state index contributed by atoms with van der Waals surface area (Å²) in [6, 6.07) is 5.67. The van der Waals surface area contributed by atoms with E-state index in [1.807, 2.05) is 30.0 Å². The van der Waals surface area contributed by atoms with Crippen LogP contribution in [0.3, 0.4) is 0 Å². The van der Waals surface area contributed by atoms with Crippen molar-refractivity contribution in [1.29, 1.82) is 0 Å². The van der Waals surface area contributed by atoms with E-state index in [0.717, 1.165) is 55.6 Å². The average molecular weight is 301 g/mol. The molecule has 1 aliphatic carbocycles. The number of hydrogen-bond donors (Lipinski definition) is 2. The van der Waals surface area contributed by atoms with Crippen molar-refractivity contribution in [3.63, 3.8) is 0 Å². The van der Waals surface area contributed by atoms with E-state index in [4.69, 9.17) is 5.73 Å². The highest BCUT2D eigenvalue weighted by molar-refractivity contribution is 5.99. The van der Waals surface area contributed by atoms with Gasteiger partial charge < -0.3 is 16.0 Å². The molecule has 1 aliphatic heterocycles. The first-order valence-electron chi connectivity index (χ1n) is 8.01. The maximum Gasteiger partial charge on any atom is 0.244 e. The van der Waals surface area contributed by atoms with E-state index in [9.17, 15) is 9.59 Å². The van der Waals surface area contributed by atoms with Gasteiger partial charge in [-0.15, -0.1) is 0 Å². The standard InChI is InChI=1S/C17H23N3O2/c1-12-11-13(19-16(22)17(18)8-2-3-9-17)6-7-14(12)20-10-4-5-15(20)21/h6-7,11H,2-5,8-10,18H2,1H3,(H,19,22). The topological polar surface area (TPSA) is 75.4 Å². The maximum atomic E-state index is 12.3. The molecular formula is C17H23N3O2. The van der Waals surface area contributed by atoms with Gasteiger partial charge in [0.25, 0.3) is 0 Å². The molecule has 0 radical (unpaired) electrons. The Balaban J connectivity index is 1.74. The van der Waals surface area contributed by atoms with Crippen molar-refractivity contribution in [3.05, 3.63) is 23.8 Å². The van der Waals surface area contributed by atoms with Crippen LogP contribution in [0.2, 0.25) is 0 Å². The molecule has 0 spiro atoms. The summed E-state index contributed by atoms with van der Waals surface area (Å²) in [4.78, 5) is 26.0. The van der Waals surface area contributed by atoms with Crippen LogP contribution < -0.4 is 16.0 Å². The van der Waals surface area contributed by atoms with Crippen LogP contribution in [-0.4, -0.2) is 23.9 Å². The Morgan fingerprint density at radius 3 is 2.59 bits per heavy atom. The maximum absolute atomic E-state index is 12.3. The third-order valence-corrected chi connectivity index (χ3v) is 4.77. The molecule has 22 heavy (non-hydrogen) atoms. The van der Waals surface area contributed by atoms with Gasteiger partial charge in [0.05, 0.1) is 5.54 Å². The van der Waals surface area contributed by atoms with Crippen LogP contribution >= 0.6 is 0 Å². The minimum absolute atomic E-state index is 0.102. The zero-order valence-electron chi connectivity index (χ0n) is 13.0. The van der Waals surface area contributed by atoms with Crippen molar-refractivity contribution in [3.8, 4) is 0 Å². The van der Waals surface area contributed by atoms with Crippen LogP contribution in [0.5, 0.6) is 0 Å². The number of nitrogens with two attached hydrogens (primary N) is 1. The number of benzene rings is 1. The lowest BCUT2D eigenvalue weighted by molar-refractivity contribution is -0.121. The Morgan fingerprint density at radius 2 is 2.00 bits per heavy atom. The van der Waals surface area contributed by atoms with Gasteiger partial charge in [-0.3, -0.25) is 9.59 Å². The Hall–Kier alpha value is -1.88. The van der Waals surface area contributed by atoms with E-state index in [1.54, 1.807) is 0 Å². The molecule has 0 unspecified atom stereocenters. The monoisotopic (exact) mass is 301 g/mol. The van der Waals surface area contributed by atoms with E-state index in [2.05, 4.69) is 5.32 Å². The summed E-state index contributed by atoms with van der Waals surface area (Å²) < 4.78 is 0. The zero-order valence-corrected chi connectivity index (χ0v) is 13.0. The second-order valence-electron chi connectivity index (χ2n) is 6.47. The summed E-state index contributed by atoms with van der Waals surface area (Å²) in [5.74, 6) is 0.0705. The van der Waals surface area contributed by atoms with Gasteiger partial charge in [0, 0.05) is 24.3 Å². The number of carbonyl (C=O) groups is 2. The number of hydrogen-bond acceptors (Lipinski definition) is 3. The number of aryl methyl sites for hydroxylation is 1. The van der Waals surface area contributed by atoms with Gasteiger partial charge in [0.15, 0.2) is 0 Å². The molecule has 5 heteroatoms. The van der Waals surface area contributed by atoms with E-state index in [1.165, 1.54) is 0 Å². The van der Waals surface area contributed by atoms with Crippen LogP contribution in [0.15, 0.2) is 18.2 Å². The van der Waals surface area contributed by atoms with E-state index < -0.39 is 5.54 Å². The largest absolute Gasteiger partial charge is 0.324 e. The predicted molar refractivity (Wildman–Crippen MR) is 86.8 cm³/mol. The fraction of sp³-hybridized carbons (Fsp3) is 0.529. The van der Waals surface area contributed by atoms with Crippen molar-refractivity contribution in [2.75, 3.05) is 16.8 Å². The quantitative estimate of drug-likeness (QED) is 0.899. The molecule has 2 amide bonds. The summed E-state index contributed by atoms with van der Waals surface area (Å²) >= 11 is 0. The predicted octanol–water partition coefficient (Wildman–Crippen LogP) is 2.33. The Kier molecular flexibility index (Phi) is 3.91. The molecule has 3 N–H and O–H groups in total. The van der Waals surface area contributed by atoms with Gasteiger partial charge in [0.1, 0.15) is 0 Å². The molecule has 2 fully saturated rings. The Labute approximate surface area is 130 Å². The summed E-state index contributed by atoms with van der Waals surface area (Å²) in [6.45, 7) is 2.74. The SMILES string of the molecule is Cc1cc(NC(=O)C2(N)CCCC2)ccc1N1CCCC1=O. The van der Waals surface area contributed by atoms with Crippen LogP contribution in [-0.2, 0) is 9.59 Å². The number of nitrogens with zero attached hydrogens (tertiary/aromatic N) is 1. The first-order chi connectivity index (χ1) is 10.5. The molecule has 1 saturated heterocycles. The normalized spacial score (nSPS) is 20.5. The van der Waals surface area contributed by atoms with Crippen LogP contribution in [0.4, 0.5) is 11.4 Å². The lowest BCUT2D eigenvalue weighted by Crippen LogP contribution is -2.48. The molecule has 118 valence electrons. The summed E-state index contributed by atoms with van der Waals surface area (Å²) in [5, 5.41) is 2.93. The van der Waals surface area contributed by atoms with E-state index in [0.29, 0.717) is 6.42 Å². The first-order valence-corrected chi connectivity index (χ1v) is 8.01. The molecule has 0 atom stereocenters. The molecule has 1 heterocycles. The minimum Gasteiger partial charge on any atom is -0.324 e. The number of anilines is 2. The Morgan fingerprint density at radius 1 is 1.27 bits per heavy atom. The van der Waals surface area contributed by atoms with Gasteiger partial charge in [-0.05, 0) is 49.9 Å². The molecule has 1 aromatic rings. The fourth-order valence-corrected chi connectivity index (χ4v) is 3.43. The van der Waals surface area contributed by atoms with Gasteiger partial charge >= 0.3 is 0 Å². The third-order valence-electron chi connectivity index (χ3n) is 4.77. The average Bonchev–Trinajstić information content (AvgIpc) is 3.09. The van der Waals surface area contributed by atoms with Crippen molar-refractivity contribution in [2.45, 2.75) is 51.0 Å². The molecule has 1 aromatic carbocycles.